The Kier molecular flexibility index (Phi) is 3.87. The number of amides is 1. The molecule has 1 unspecified atom stereocenters. The predicted octanol–water partition coefficient (Wildman–Crippen LogP) is 2.89. The summed E-state index contributed by atoms with van der Waals surface area (Å²) in [6.45, 7) is 4.74. The Morgan fingerprint density at radius 3 is 2.72 bits per heavy atom. The molecular formula is C19H21N5O. The molecule has 128 valence electrons. The van der Waals surface area contributed by atoms with Gasteiger partial charge in [-0.05, 0) is 44.5 Å². The highest BCUT2D eigenvalue weighted by molar-refractivity contribution is 5.92. The van der Waals surface area contributed by atoms with Crippen LogP contribution < -0.4 is 5.32 Å². The lowest BCUT2D eigenvalue weighted by atomic mass is 9.98. The van der Waals surface area contributed by atoms with E-state index < -0.39 is 0 Å². The molecular weight excluding hydrogens is 314 g/mol. The van der Waals surface area contributed by atoms with Crippen LogP contribution in [0.1, 0.15) is 23.6 Å². The monoisotopic (exact) mass is 335 g/mol. The van der Waals surface area contributed by atoms with E-state index in [0.29, 0.717) is 6.54 Å². The van der Waals surface area contributed by atoms with Crippen molar-refractivity contribution in [1.82, 2.24) is 19.1 Å². The van der Waals surface area contributed by atoms with E-state index in [1.165, 1.54) is 0 Å². The van der Waals surface area contributed by atoms with Crippen molar-refractivity contribution in [3.8, 4) is 5.69 Å². The fourth-order valence-electron chi connectivity index (χ4n) is 3.29. The molecule has 1 aliphatic heterocycles. The molecule has 6 nitrogen and oxygen atoms in total. The lowest BCUT2D eigenvalue weighted by molar-refractivity contribution is -0.120. The van der Waals surface area contributed by atoms with E-state index in [0.717, 1.165) is 41.4 Å². The number of fused-ring (bicyclic) bond motifs is 1. The fraction of sp³-hybridized carbons (Fsp3) is 0.316. The Morgan fingerprint density at radius 1 is 1.20 bits per heavy atom. The van der Waals surface area contributed by atoms with E-state index in [1.54, 1.807) is 6.20 Å². The number of hydrogen-bond donors (Lipinski definition) is 1. The number of nitrogens with zero attached hydrogens (tertiary/aromatic N) is 4. The van der Waals surface area contributed by atoms with Gasteiger partial charge in [0.1, 0.15) is 5.82 Å². The zero-order valence-corrected chi connectivity index (χ0v) is 14.4. The van der Waals surface area contributed by atoms with Gasteiger partial charge in [0.05, 0.1) is 17.9 Å². The number of aromatic nitrogens is 4. The first-order chi connectivity index (χ1) is 12.1. The van der Waals surface area contributed by atoms with Crippen LogP contribution in [-0.4, -0.2) is 25.0 Å². The van der Waals surface area contributed by atoms with Crippen LogP contribution in [0.5, 0.6) is 0 Å². The molecule has 0 radical (unpaired) electrons. The minimum absolute atomic E-state index is 0.0140. The van der Waals surface area contributed by atoms with Crippen LogP contribution in [0, 0.1) is 19.8 Å². The Balaban J connectivity index is 1.45. The first-order valence-electron chi connectivity index (χ1n) is 8.53. The summed E-state index contributed by atoms with van der Waals surface area (Å²) in [6.07, 6.45) is 7.26. The molecule has 0 bridgehead atoms. The number of imidazole rings is 2. The van der Waals surface area contributed by atoms with Crippen molar-refractivity contribution < 1.29 is 4.79 Å². The largest absolute Gasteiger partial charge is 0.334 e. The number of anilines is 1. The van der Waals surface area contributed by atoms with Crippen LogP contribution in [0.25, 0.3) is 5.69 Å². The smallest absolute Gasteiger partial charge is 0.229 e. The second-order valence-corrected chi connectivity index (χ2v) is 6.55. The maximum absolute atomic E-state index is 12.6. The third-order valence-electron chi connectivity index (χ3n) is 4.97. The number of aryl methyl sites for hydroxylation is 2. The van der Waals surface area contributed by atoms with E-state index in [1.807, 2.05) is 55.2 Å². The maximum atomic E-state index is 12.6. The van der Waals surface area contributed by atoms with Crippen molar-refractivity contribution >= 4 is 11.6 Å². The Bertz CT molecular complexity index is 906. The third kappa shape index (κ3) is 2.95. The van der Waals surface area contributed by atoms with Gasteiger partial charge < -0.3 is 14.5 Å². The van der Waals surface area contributed by atoms with Gasteiger partial charge in [0, 0.05) is 42.4 Å². The van der Waals surface area contributed by atoms with Gasteiger partial charge in [-0.15, -0.1) is 0 Å². The number of carbonyl (C=O) groups is 1. The van der Waals surface area contributed by atoms with E-state index in [2.05, 4.69) is 19.9 Å². The number of rotatable bonds is 3. The number of carbonyl (C=O) groups excluding carboxylic acids is 1. The minimum atomic E-state index is -0.0140. The van der Waals surface area contributed by atoms with Crippen LogP contribution in [0.2, 0.25) is 0 Å². The van der Waals surface area contributed by atoms with Crippen molar-refractivity contribution in [3.05, 3.63) is 60.2 Å². The highest BCUT2D eigenvalue weighted by Crippen LogP contribution is 2.21. The molecule has 0 saturated heterocycles. The van der Waals surface area contributed by atoms with Gasteiger partial charge >= 0.3 is 0 Å². The van der Waals surface area contributed by atoms with Crippen LogP contribution >= 0.6 is 0 Å². The molecule has 1 aliphatic rings. The Morgan fingerprint density at radius 2 is 2.00 bits per heavy atom. The molecule has 6 heteroatoms. The number of hydrogen-bond acceptors (Lipinski definition) is 3. The molecule has 2 aromatic heterocycles. The molecule has 1 N–H and O–H groups in total. The van der Waals surface area contributed by atoms with E-state index in [4.69, 9.17) is 0 Å². The van der Waals surface area contributed by atoms with Gasteiger partial charge in [-0.1, -0.05) is 0 Å². The molecule has 25 heavy (non-hydrogen) atoms. The van der Waals surface area contributed by atoms with Crippen molar-refractivity contribution in [3.63, 3.8) is 0 Å². The van der Waals surface area contributed by atoms with Crippen molar-refractivity contribution in [2.24, 2.45) is 5.92 Å². The average Bonchev–Trinajstić information content (AvgIpc) is 3.22. The lowest BCUT2D eigenvalue weighted by Gasteiger charge is -2.23. The van der Waals surface area contributed by atoms with Gasteiger partial charge in [-0.2, -0.15) is 0 Å². The topological polar surface area (TPSA) is 64.7 Å². The molecule has 0 fully saturated rings. The normalized spacial score (nSPS) is 16.5. The standard InChI is InChI=1S/C19H21N5O/c1-13-14(2)24(12-21-13)17-6-4-16(5-7-17)22-19(25)15-3-8-18-20-9-10-23(18)11-15/h4-7,9-10,12,15H,3,8,11H2,1-2H3,(H,22,25). The van der Waals surface area contributed by atoms with Gasteiger partial charge in [-0.3, -0.25) is 4.79 Å². The second kappa shape index (κ2) is 6.20. The lowest BCUT2D eigenvalue weighted by Crippen LogP contribution is -2.31. The number of benzene rings is 1. The first kappa shape index (κ1) is 15.6. The summed E-state index contributed by atoms with van der Waals surface area (Å²) in [5.41, 5.74) is 4.00. The molecule has 0 aliphatic carbocycles. The quantitative estimate of drug-likeness (QED) is 0.800. The summed E-state index contributed by atoms with van der Waals surface area (Å²) >= 11 is 0. The zero-order chi connectivity index (χ0) is 17.4. The maximum Gasteiger partial charge on any atom is 0.229 e. The summed E-state index contributed by atoms with van der Waals surface area (Å²) < 4.78 is 4.11. The van der Waals surface area contributed by atoms with E-state index in [-0.39, 0.29) is 11.8 Å². The van der Waals surface area contributed by atoms with E-state index in [9.17, 15) is 4.79 Å². The Labute approximate surface area is 146 Å². The summed E-state index contributed by atoms with van der Waals surface area (Å²) in [4.78, 5) is 21.2. The average molecular weight is 335 g/mol. The highest BCUT2D eigenvalue weighted by Gasteiger charge is 2.24. The van der Waals surface area contributed by atoms with Crippen LogP contribution in [0.15, 0.2) is 43.0 Å². The van der Waals surface area contributed by atoms with Crippen molar-refractivity contribution in [1.29, 1.82) is 0 Å². The van der Waals surface area contributed by atoms with Gasteiger partial charge in [-0.25, -0.2) is 9.97 Å². The Hall–Kier alpha value is -2.89. The first-order valence-corrected chi connectivity index (χ1v) is 8.53. The van der Waals surface area contributed by atoms with Gasteiger partial charge in [0.2, 0.25) is 5.91 Å². The molecule has 0 spiro atoms. The molecule has 3 aromatic rings. The van der Waals surface area contributed by atoms with E-state index >= 15 is 0 Å². The van der Waals surface area contributed by atoms with Gasteiger partial charge in [0.15, 0.2) is 0 Å². The summed E-state index contributed by atoms with van der Waals surface area (Å²) in [5, 5.41) is 3.04. The summed E-state index contributed by atoms with van der Waals surface area (Å²) in [7, 11) is 0. The van der Waals surface area contributed by atoms with Crippen molar-refractivity contribution in [2.45, 2.75) is 33.2 Å². The van der Waals surface area contributed by atoms with Crippen LogP contribution in [-0.2, 0) is 17.8 Å². The molecule has 4 rings (SSSR count). The summed E-state index contributed by atoms with van der Waals surface area (Å²) in [6, 6.07) is 7.87. The molecule has 0 saturated carbocycles. The summed E-state index contributed by atoms with van der Waals surface area (Å²) in [5.74, 6) is 1.13. The SMILES string of the molecule is Cc1ncn(-c2ccc(NC(=O)C3CCc4nccn4C3)cc2)c1C. The van der Waals surface area contributed by atoms with Crippen molar-refractivity contribution in [2.75, 3.05) is 5.32 Å². The minimum Gasteiger partial charge on any atom is -0.334 e. The molecule has 1 amide bonds. The van der Waals surface area contributed by atoms with Gasteiger partial charge in [0.25, 0.3) is 0 Å². The zero-order valence-electron chi connectivity index (χ0n) is 14.4. The molecule has 1 aromatic carbocycles. The predicted molar refractivity (Wildman–Crippen MR) is 95.7 cm³/mol. The third-order valence-corrected chi connectivity index (χ3v) is 4.97. The fourth-order valence-corrected chi connectivity index (χ4v) is 3.29. The molecule has 3 heterocycles. The number of nitrogens with one attached hydrogen (secondary N) is 1. The second-order valence-electron chi connectivity index (χ2n) is 6.55. The van der Waals surface area contributed by atoms with Crippen LogP contribution in [0.3, 0.4) is 0 Å². The highest BCUT2D eigenvalue weighted by atomic mass is 16.1. The van der Waals surface area contributed by atoms with Crippen LogP contribution in [0.4, 0.5) is 5.69 Å². The molecule has 1 atom stereocenters.